The predicted molar refractivity (Wildman–Crippen MR) is 83.4 cm³/mol. The van der Waals surface area contributed by atoms with Crippen LogP contribution in [0.25, 0.3) is 0 Å². The van der Waals surface area contributed by atoms with Crippen molar-refractivity contribution in [2.75, 3.05) is 6.54 Å². The summed E-state index contributed by atoms with van der Waals surface area (Å²) < 4.78 is 28.6. The van der Waals surface area contributed by atoms with E-state index in [1.807, 2.05) is 19.9 Å². The Morgan fingerprint density at radius 3 is 2.40 bits per heavy atom. The van der Waals surface area contributed by atoms with E-state index < -0.39 is 11.6 Å². The van der Waals surface area contributed by atoms with Gasteiger partial charge in [-0.05, 0) is 59.6 Å². The molecule has 0 fully saturated rings. The van der Waals surface area contributed by atoms with Gasteiger partial charge >= 0.3 is 0 Å². The third-order valence-corrected chi connectivity index (χ3v) is 5.36. The number of aryl methyl sites for hydroxylation is 2. The number of benzene rings is 1. The van der Waals surface area contributed by atoms with Gasteiger partial charge < -0.3 is 5.32 Å². The number of thiophene rings is 1. The molecule has 0 spiro atoms. The van der Waals surface area contributed by atoms with Gasteiger partial charge in [0.25, 0.3) is 0 Å². The number of nitrogens with one attached hydrogen (secondary N) is 1. The molecule has 1 heterocycles. The topological polar surface area (TPSA) is 12.0 Å². The summed E-state index contributed by atoms with van der Waals surface area (Å²) in [6.45, 7) is 6.32. The number of rotatable bonds is 4. The van der Waals surface area contributed by atoms with Gasteiger partial charge in [0, 0.05) is 16.5 Å². The summed E-state index contributed by atoms with van der Waals surface area (Å²) in [6.07, 6.45) is 0. The predicted octanol–water partition coefficient (Wildman–Crippen LogP) is 5.10. The van der Waals surface area contributed by atoms with Gasteiger partial charge in [-0.2, -0.15) is 0 Å². The Kier molecular flexibility index (Phi) is 4.94. The van der Waals surface area contributed by atoms with Gasteiger partial charge in [-0.3, -0.25) is 0 Å². The normalized spacial score (nSPS) is 12.7. The molecule has 108 valence electrons. The standard InChI is InChI=1S/C15H16BrF2NS/c1-4-19-14(13-6-9(3)15(16)20-13)10-5-8(2)11(17)7-12(10)18/h5-7,14,19H,4H2,1-3H3. The summed E-state index contributed by atoms with van der Waals surface area (Å²) in [4.78, 5) is 1.01. The SMILES string of the molecule is CCNC(c1cc(C)c(Br)s1)c1cc(C)c(F)cc1F. The number of hydrogen-bond donors (Lipinski definition) is 1. The van der Waals surface area contributed by atoms with E-state index in [0.717, 1.165) is 20.3 Å². The molecule has 20 heavy (non-hydrogen) atoms. The molecule has 1 nitrogen and oxygen atoms in total. The molecule has 1 N–H and O–H groups in total. The zero-order chi connectivity index (χ0) is 14.9. The second-order valence-corrected chi connectivity index (χ2v) is 7.12. The van der Waals surface area contributed by atoms with E-state index in [-0.39, 0.29) is 6.04 Å². The van der Waals surface area contributed by atoms with E-state index in [2.05, 4.69) is 21.2 Å². The average Bonchev–Trinajstić information content (AvgIpc) is 2.71. The van der Waals surface area contributed by atoms with Crippen molar-refractivity contribution in [1.82, 2.24) is 5.32 Å². The molecule has 0 aliphatic rings. The van der Waals surface area contributed by atoms with Crippen molar-refractivity contribution < 1.29 is 8.78 Å². The Balaban J connectivity index is 2.50. The van der Waals surface area contributed by atoms with Crippen LogP contribution in [0, 0.1) is 25.5 Å². The van der Waals surface area contributed by atoms with Crippen molar-refractivity contribution in [2.24, 2.45) is 0 Å². The number of halogens is 3. The maximum atomic E-state index is 14.1. The lowest BCUT2D eigenvalue weighted by molar-refractivity contribution is 0.540. The number of hydrogen-bond acceptors (Lipinski definition) is 2. The summed E-state index contributed by atoms with van der Waals surface area (Å²) in [5.41, 5.74) is 2.06. The summed E-state index contributed by atoms with van der Waals surface area (Å²) >= 11 is 5.06. The summed E-state index contributed by atoms with van der Waals surface area (Å²) in [6, 6.07) is 4.32. The van der Waals surface area contributed by atoms with Gasteiger partial charge in [0.05, 0.1) is 9.83 Å². The minimum atomic E-state index is -0.513. The molecule has 1 aromatic heterocycles. The fourth-order valence-electron chi connectivity index (χ4n) is 2.09. The van der Waals surface area contributed by atoms with Gasteiger partial charge in [-0.15, -0.1) is 11.3 Å². The summed E-state index contributed by atoms with van der Waals surface area (Å²) in [5.74, 6) is -1.02. The molecular weight excluding hydrogens is 344 g/mol. The van der Waals surface area contributed by atoms with Crippen LogP contribution in [-0.2, 0) is 0 Å². The highest BCUT2D eigenvalue weighted by Gasteiger charge is 2.21. The molecule has 0 saturated carbocycles. The first-order valence-corrected chi connectivity index (χ1v) is 7.99. The molecule has 0 amide bonds. The Bertz CT molecular complexity index is 605. The first-order chi connectivity index (χ1) is 9.43. The van der Waals surface area contributed by atoms with Crippen LogP contribution >= 0.6 is 27.3 Å². The highest BCUT2D eigenvalue weighted by atomic mass is 79.9. The largest absolute Gasteiger partial charge is 0.306 e. The average molecular weight is 360 g/mol. The van der Waals surface area contributed by atoms with Gasteiger partial charge in [-0.1, -0.05) is 6.92 Å². The minimum Gasteiger partial charge on any atom is -0.306 e. The molecule has 2 rings (SSSR count). The van der Waals surface area contributed by atoms with Crippen LogP contribution in [0.2, 0.25) is 0 Å². The Morgan fingerprint density at radius 2 is 1.85 bits per heavy atom. The van der Waals surface area contributed by atoms with Gasteiger partial charge in [0.15, 0.2) is 0 Å². The van der Waals surface area contributed by atoms with Crippen molar-refractivity contribution in [3.63, 3.8) is 0 Å². The van der Waals surface area contributed by atoms with Crippen molar-refractivity contribution in [1.29, 1.82) is 0 Å². The van der Waals surface area contributed by atoms with Crippen molar-refractivity contribution >= 4 is 27.3 Å². The molecular formula is C15H16BrF2NS. The maximum absolute atomic E-state index is 14.1. The quantitative estimate of drug-likeness (QED) is 0.800. The van der Waals surface area contributed by atoms with E-state index >= 15 is 0 Å². The molecule has 1 aromatic carbocycles. The zero-order valence-corrected chi connectivity index (χ0v) is 14.0. The van der Waals surface area contributed by atoms with Crippen LogP contribution in [0.4, 0.5) is 8.78 Å². The molecule has 0 radical (unpaired) electrons. The lowest BCUT2D eigenvalue weighted by Gasteiger charge is -2.18. The lowest BCUT2D eigenvalue weighted by atomic mass is 10.0. The van der Waals surface area contributed by atoms with Crippen LogP contribution in [0.1, 0.15) is 34.5 Å². The molecule has 0 aliphatic heterocycles. The highest BCUT2D eigenvalue weighted by molar-refractivity contribution is 9.11. The van der Waals surface area contributed by atoms with Gasteiger partial charge in [0.1, 0.15) is 11.6 Å². The second kappa shape index (κ2) is 6.33. The molecule has 1 unspecified atom stereocenters. The van der Waals surface area contributed by atoms with E-state index in [1.165, 1.54) is 0 Å². The van der Waals surface area contributed by atoms with Crippen LogP contribution < -0.4 is 5.32 Å². The molecule has 0 aliphatic carbocycles. The Morgan fingerprint density at radius 1 is 1.15 bits per heavy atom. The molecule has 0 saturated heterocycles. The summed E-state index contributed by atoms with van der Waals surface area (Å²) in [7, 11) is 0. The maximum Gasteiger partial charge on any atom is 0.131 e. The molecule has 5 heteroatoms. The van der Waals surface area contributed by atoms with E-state index in [1.54, 1.807) is 24.3 Å². The highest BCUT2D eigenvalue weighted by Crippen LogP contribution is 2.35. The van der Waals surface area contributed by atoms with Crippen LogP contribution in [-0.4, -0.2) is 6.54 Å². The zero-order valence-electron chi connectivity index (χ0n) is 11.6. The second-order valence-electron chi connectivity index (χ2n) is 4.72. The first kappa shape index (κ1) is 15.6. The van der Waals surface area contributed by atoms with Crippen LogP contribution in [0.3, 0.4) is 0 Å². The van der Waals surface area contributed by atoms with E-state index in [4.69, 9.17) is 0 Å². The lowest BCUT2D eigenvalue weighted by Crippen LogP contribution is -2.22. The fourth-order valence-corrected chi connectivity index (χ4v) is 3.76. The molecule has 0 bridgehead atoms. The van der Waals surface area contributed by atoms with Crippen LogP contribution in [0.15, 0.2) is 22.0 Å². The van der Waals surface area contributed by atoms with E-state index in [0.29, 0.717) is 17.7 Å². The monoisotopic (exact) mass is 359 g/mol. The van der Waals surface area contributed by atoms with Crippen molar-refractivity contribution in [3.05, 3.63) is 55.2 Å². The molecule has 2 aromatic rings. The van der Waals surface area contributed by atoms with Gasteiger partial charge in [-0.25, -0.2) is 8.78 Å². The van der Waals surface area contributed by atoms with Crippen molar-refractivity contribution in [3.8, 4) is 0 Å². The first-order valence-electron chi connectivity index (χ1n) is 6.38. The van der Waals surface area contributed by atoms with E-state index in [9.17, 15) is 8.78 Å². The molecule has 1 atom stereocenters. The minimum absolute atomic E-state index is 0.255. The van der Waals surface area contributed by atoms with Crippen LogP contribution in [0.5, 0.6) is 0 Å². The summed E-state index contributed by atoms with van der Waals surface area (Å²) in [5, 5.41) is 3.27. The third-order valence-electron chi connectivity index (χ3n) is 3.16. The Labute approximate surface area is 130 Å². The van der Waals surface area contributed by atoms with Gasteiger partial charge in [0.2, 0.25) is 0 Å². The Hall–Kier alpha value is -0.780. The smallest absolute Gasteiger partial charge is 0.131 e. The van der Waals surface area contributed by atoms with Crippen molar-refractivity contribution in [2.45, 2.75) is 26.8 Å². The fraction of sp³-hybridized carbons (Fsp3) is 0.333. The third kappa shape index (κ3) is 3.10.